The summed E-state index contributed by atoms with van der Waals surface area (Å²) in [6.07, 6.45) is -4.18. The molecule has 0 saturated heterocycles. The standard InChI is InChI=1S/C9H18F3NO/c1-3-8(2,7-13)14-6-4-5-9(10,11)12/h3-7,13H2,1-2H3. The maximum absolute atomic E-state index is 11.8. The predicted molar refractivity (Wildman–Crippen MR) is 49.0 cm³/mol. The number of halogens is 3. The molecule has 0 aromatic carbocycles. The highest BCUT2D eigenvalue weighted by Gasteiger charge is 2.27. The zero-order valence-electron chi connectivity index (χ0n) is 8.66. The zero-order chi connectivity index (χ0) is 11.2. The fourth-order valence-electron chi connectivity index (χ4n) is 0.897. The molecule has 0 heterocycles. The Balaban J connectivity index is 3.63. The lowest BCUT2D eigenvalue weighted by Crippen LogP contribution is -2.37. The molecule has 0 aromatic rings. The van der Waals surface area contributed by atoms with Crippen LogP contribution in [-0.4, -0.2) is 24.9 Å². The first-order valence-corrected chi connectivity index (χ1v) is 4.74. The second-order valence-electron chi connectivity index (χ2n) is 3.57. The fourth-order valence-corrected chi connectivity index (χ4v) is 0.897. The van der Waals surface area contributed by atoms with E-state index in [9.17, 15) is 13.2 Å². The second kappa shape index (κ2) is 5.56. The monoisotopic (exact) mass is 213 g/mol. The topological polar surface area (TPSA) is 35.2 Å². The molecule has 0 radical (unpaired) electrons. The van der Waals surface area contributed by atoms with Crippen molar-refractivity contribution in [1.82, 2.24) is 0 Å². The third kappa shape index (κ3) is 6.21. The third-order valence-electron chi connectivity index (χ3n) is 2.23. The second-order valence-corrected chi connectivity index (χ2v) is 3.57. The van der Waals surface area contributed by atoms with Crippen molar-refractivity contribution >= 4 is 0 Å². The molecule has 0 saturated carbocycles. The lowest BCUT2D eigenvalue weighted by atomic mass is 10.0. The third-order valence-corrected chi connectivity index (χ3v) is 2.23. The van der Waals surface area contributed by atoms with Crippen LogP contribution in [0.1, 0.15) is 33.1 Å². The van der Waals surface area contributed by atoms with E-state index in [0.717, 1.165) is 0 Å². The Hall–Kier alpha value is -0.290. The summed E-state index contributed by atoms with van der Waals surface area (Å²) < 4.78 is 40.6. The van der Waals surface area contributed by atoms with Crippen LogP contribution in [-0.2, 0) is 4.74 Å². The van der Waals surface area contributed by atoms with E-state index in [1.165, 1.54) is 0 Å². The Morgan fingerprint density at radius 2 is 1.86 bits per heavy atom. The van der Waals surface area contributed by atoms with E-state index in [2.05, 4.69) is 0 Å². The summed E-state index contributed by atoms with van der Waals surface area (Å²) in [6, 6.07) is 0. The first-order chi connectivity index (χ1) is 6.33. The van der Waals surface area contributed by atoms with Crippen molar-refractivity contribution in [2.24, 2.45) is 5.73 Å². The highest BCUT2D eigenvalue weighted by Crippen LogP contribution is 2.22. The molecule has 0 rings (SSSR count). The summed E-state index contributed by atoms with van der Waals surface area (Å²) in [4.78, 5) is 0. The van der Waals surface area contributed by atoms with Gasteiger partial charge in [-0.05, 0) is 19.8 Å². The average Bonchev–Trinajstić information content (AvgIpc) is 2.11. The van der Waals surface area contributed by atoms with Gasteiger partial charge in [0.25, 0.3) is 0 Å². The number of hydrogen-bond acceptors (Lipinski definition) is 2. The van der Waals surface area contributed by atoms with E-state index in [1.54, 1.807) is 6.92 Å². The normalized spacial score (nSPS) is 16.7. The first-order valence-electron chi connectivity index (χ1n) is 4.74. The molecule has 0 amide bonds. The largest absolute Gasteiger partial charge is 0.389 e. The summed E-state index contributed by atoms with van der Waals surface area (Å²) in [7, 11) is 0. The van der Waals surface area contributed by atoms with E-state index in [4.69, 9.17) is 10.5 Å². The number of nitrogens with two attached hydrogens (primary N) is 1. The molecule has 1 atom stereocenters. The van der Waals surface area contributed by atoms with Crippen molar-refractivity contribution in [3.05, 3.63) is 0 Å². The maximum atomic E-state index is 11.8. The molecule has 0 aliphatic heterocycles. The first kappa shape index (κ1) is 13.7. The summed E-state index contributed by atoms with van der Waals surface area (Å²) in [5.41, 5.74) is 4.96. The summed E-state index contributed by atoms with van der Waals surface area (Å²) in [5, 5.41) is 0. The molecule has 0 fully saturated rings. The zero-order valence-corrected chi connectivity index (χ0v) is 8.66. The van der Waals surface area contributed by atoms with Crippen LogP contribution in [0.3, 0.4) is 0 Å². The molecule has 0 bridgehead atoms. The molecular formula is C9H18F3NO. The molecule has 86 valence electrons. The molecule has 5 heteroatoms. The lowest BCUT2D eigenvalue weighted by molar-refractivity contribution is -0.141. The molecule has 0 spiro atoms. The van der Waals surface area contributed by atoms with E-state index in [1.807, 2.05) is 6.92 Å². The number of ether oxygens (including phenoxy) is 1. The molecular weight excluding hydrogens is 195 g/mol. The minimum Gasteiger partial charge on any atom is -0.374 e. The molecule has 1 unspecified atom stereocenters. The summed E-state index contributed by atoms with van der Waals surface area (Å²) in [6.45, 7) is 4.15. The van der Waals surface area contributed by atoms with Crippen LogP contribution < -0.4 is 5.73 Å². The van der Waals surface area contributed by atoms with Crippen molar-refractivity contribution in [3.8, 4) is 0 Å². The highest BCUT2D eigenvalue weighted by molar-refractivity contribution is 4.73. The van der Waals surface area contributed by atoms with Crippen LogP contribution >= 0.6 is 0 Å². The van der Waals surface area contributed by atoms with Crippen molar-refractivity contribution in [2.75, 3.05) is 13.2 Å². The number of rotatable bonds is 6. The van der Waals surface area contributed by atoms with Gasteiger partial charge < -0.3 is 10.5 Å². The smallest absolute Gasteiger partial charge is 0.374 e. The minimum atomic E-state index is -4.09. The summed E-state index contributed by atoms with van der Waals surface area (Å²) >= 11 is 0. The van der Waals surface area contributed by atoms with Gasteiger partial charge in [0.2, 0.25) is 0 Å². The Morgan fingerprint density at radius 3 is 2.21 bits per heavy atom. The van der Waals surface area contributed by atoms with E-state index < -0.39 is 18.2 Å². The van der Waals surface area contributed by atoms with Gasteiger partial charge in [0, 0.05) is 19.6 Å². The van der Waals surface area contributed by atoms with Gasteiger partial charge in [-0.3, -0.25) is 0 Å². The van der Waals surface area contributed by atoms with Gasteiger partial charge in [-0.1, -0.05) is 6.92 Å². The van der Waals surface area contributed by atoms with Crippen molar-refractivity contribution in [3.63, 3.8) is 0 Å². The van der Waals surface area contributed by atoms with E-state index >= 15 is 0 Å². The van der Waals surface area contributed by atoms with Gasteiger partial charge in [-0.15, -0.1) is 0 Å². The summed E-state index contributed by atoms with van der Waals surface area (Å²) in [5.74, 6) is 0. The molecule has 14 heavy (non-hydrogen) atoms. The van der Waals surface area contributed by atoms with Crippen molar-refractivity contribution < 1.29 is 17.9 Å². The Morgan fingerprint density at radius 1 is 1.29 bits per heavy atom. The van der Waals surface area contributed by atoms with Gasteiger partial charge in [0.15, 0.2) is 0 Å². The Labute approximate surface area is 82.6 Å². The van der Waals surface area contributed by atoms with Crippen molar-refractivity contribution in [2.45, 2.75) is 44.9 Å². The fraction of sp³-hybridized carbons (Fsp3) is 1.00. The molecule has 2 N–H and O–H groups in total. The predicted octanol–water partition coefficient (Wildman–Crippen LogP) is 2.47. The molecule has 0 aliphatic carbocycles. The Bertz CT molecular complexity index is 155. The minimum absolute atomic E-state index is 0.000903. The van der Waals surface area contributed by atoms with Gasteiger partial charge >= 0.3 is 6.18 Å². The van der Waals surface area contributed by atoms with Gasteiger partial charge in [-0.25, -0.2) is 0 Å². The number of alkyl halides is 3. The van der Waals surface area contributed by atoms with Crippen LogP contribution in [0.2, 0.25) is 0 Å². The van der Waals surface area contributed by atoms with Crippen LogP contribution in [0.5, 0.6) is 0 Å². The molecule has 0 aromatic heterocycles. The maximum Gasteiger partial charge on any atom is 0.389 e. The number of hydrogen-bond donors (Lipinski definition) is 1. The SMILES string of the molecule is CCC(C)(CN)OCCCC(F)(F)F. The molecule has 2 nitrogen and oxygen atoms in total. The Kier molecular flexibility index (Phi) is 5.44. The average molecular weight is 213 g/mol. The van der Waals surface area contributed by atoms with Crippen LogP contribution in [0.4, 0.5) is 13.2 Å². The van der Waals surface area contributed by atoms with Crippen molar-refractivity contribution in [1.29, 1.82) is 0 Å². The highest BCUT2D eigenvalue weighted by atomic mass is 19.4. The van der Waals surface area contributed by atoms with Crippen LogP contribution in [0.15, 0.2) is 0 Å². The lowest BCUT2D eigenvalue weighted by Gasteiger charge is -2.26. The quantitative estimate of drug-likeness (QED) is 0.688. The molecule has 0 aliphatic rings. The van der Waals surface area contributed by atoms with E-state index in [-0.39, 0.29) is 13.0 Å². The van der Waals surface area contributed by atoms with Gasteiger partial charge in [-0.2, -0.15) is 13.2 Å². The van der Waals surface area contributed by atoms with E-state index in [0.29, 0.717) is 13.0 Å². The van der Waals surface area contributed by atoms with Crippen LogP contribution in [0.25, 0.3) is 0 Å². The van der Waals surface area contributed by atoms with Gasteiger partial charge in [0.05, 0.1) is 5.60 Å². The van der Waals surface area contributed by atoms with Crippen LogP contribution in [0, 0.1) is 0 Å². The van der Waals surface area contributed by atoms with Gasteiger partial charge in [0.1, 0.15) is 0 Å².